The van der Waals surface area contributed by atoms with Crippen molar-refractivity contribution in [3.63, 3.8) is 0 Å². The molecule has 0 fully saturated rings. The molecule has 5 heteroatoms. The maximum Gasteiger partial charge on any atom is 0.331 e. The first-order chi connectivity index (χ1) is 12.9. The second-order valence-corrected chi connectivity index (χ2v) is 6.03. The van der Waals surface area contributed by atoms with Crippen LogP contribution < -0.4 is 9.47 Å². The number of benzene rings is 2. The van der Waals surface area contributed by atoms with E-state index in [0.29, 0.717) is 23.7 Å². The number of carbonyl (C=O) groups is 2. The van der Waals surface area contributed by atoms with Crippen LogP contribution in [0.1, 0.15) is 34.0 Å². The number of esters is 1. The van der Waals surface area contributed by atoms with Gasteiger partial charge in [0, 0.05) is 11.6 Å². The smallest absolute Gasteiger partial charge is 0.331 e. The van der Waals surface area contributed by atoms with Gasteiger partial charge in [0.1, 0.15) is 0 Å². The monoisotopic (exact) mass is 368 g/mol. The number of hydrogen-bond acceptors (Lipinski definition) is 5. The zero-order valence-corrected chi connectivity index (χ0v) is 16.1. The van der Waals surface area contributed by atoms with E-state index in [0.717, 1.165) is 16.7 Å². The lowest BCUT2D eigenvalue weighted by molar-refractivity contribution is -0.136. The Kier molecular flexibility index (Phi) is 7.17. The summed E-state index contributed by atoms with van der Waals surface area (Å²) in [5.74, 6) is 0.416. The van der Waals surface area contributed by atoms with E-state index in [-0.39, 0.29) is 12.4 Å². The molecule has 0 saturated heterocycles. The molecule has 0 saturated carbocycles. The Balaban J connectivity index is 1.98. The largest absolute Gasteiger partial charge is 0.493 e. The van der Waals surface area contributed by atoms with Gasteiger partial charge in [0.05, 0.1) is 13.7 Å². The molecule has 0 aliphatic rings. The third-order valence-corrected chi connectivity index (χ3v) is 3.94. The average molecular weight is 368 g/mol. The lowest BCUT2D eigenvalue weighted by Gasteiger charge is -2.09. The van der Waals surface area contributed by atoms with E-state index in [1.54, 1.807) is 37.5 Å². The fourth-order valence-corrected chi connectivity index (χ4v) is 2.53. The van der Waals surface area contributed by atoms with Crippen LogP contribution in [-0.4, -0.2) is 32.1 Å². The molecule has 0 aromatic heterocycles. The molecule has 0 atom stereocenters. The minimum absolute atomic E-state index is 0.221. The molecule has 5 nitrogen and oxygen atoms in total. The molecule has 0 unspecified atom stereocenters. The Morgan fingerprint density at radius 2 is 1.81 bits per heavy atom. The zero-order chi connectivity index (χ0) is 19.8. The highest BCUT2D eigenvalue weighted by molar-refractivity contribution is 6.00. The molecule has 2 aromatic carbocycles. The maximum atomic E-state index is 12.3. The first-order valence-electron chi connectivity index (χ1n) is 8.70. The molecule has 0 aliphatic heterocycles. The number of methoxy groups -OCH3 is 1. The van der Waals surface area contributed by atoms with Crippen molar-refractivity contribution in [3.05, 3.63) is 64.7 Å². The highest BCUT2D eigenvalue weighted by atomic mass is 16.5. The summed E-state index contributed by atoms with van der Waals surface area (Å²) in [5.41, 5.74) is 3.18. The van der Waals surface area contributed by atoms with Gasteiger partial charge in [-0.15, -0.1) is 0 Å². The molecule has 0 bridgehead atoms. The van der Waals surface area contributed by atoms with Gasteiger partial charge < -0.3 is 14.2 Å². The van der Waals surface area contributed by atoms with Crippen molar-refractivity contribution in [1.29, 1.82) is 0 Å². The fraction of sp³-hybridized carbons (Fsp3) is 0.273. The Bertz CT molecular complexity index is 852. The van der Waals surface area contributed by atoms with Gasteiger partial charge >= 0.3 is 5.97 Å². The number of ketones is 1. The van der Waals surface area contributed by atoms with E-state index in [1.807, 2.05) is 32.9 Å². The van der Waals surface area contributed by atoms with Gasteiger partial charge in [-0.3, -0.25) is 4.79 Å². The van der Waals surface area contributed by atoms with Crippen molar-refractivity contribution >= 4 is 17.8 Å². The van der Waals surface area contributed by atoms with Crippen LogP contribution in [0.3, 0.4) is 0 Å². The van der Waals surface area contributed by atoms with Crippen molar-refractivity contribution in [2.75, 3.05) is 20.3 Å². The van der Waals surface area contributed by atoms with Gasteiger partial charge in [-0.1, -0.05) is 23.8 Å². The summed E-state index contributed by atoms with van der Waals surface area (Å²) in [4.78, 5) is 24.2. The third-order valence-electron chi connectivity index (χ3n) is 3.94. The molecule has 0 heterocycles. The Morgan fingerprint density at radius 3 is 2.52 bits per heavy atom. The molecule has 0 spiro atoms. The number of carbonyl (C=O) groups excluding carboxylic acids is 2. The number of Topliss-reactive ketones (excluding diaryl/α,β-unsaturated/α-hetero) is 1. The number of aryl methyl sites for hydroxylation is 2. The summed E-state index contributed by atoms with van der Waals surface area (Å²) in [6.45, 7) is 5.86. The third kappa shape index (κ3) is 5.71. The summed E-state index contributed by atoms with van der Waals surface area (Å²) in [7, 11) is 1.57. The van der Waals surface area contributed by atoms with Crippen molar-refractivity contribution in [2.45, 2.75) is 20.8 Å². The van der Waals surface area contributed by atoms with Crippen LogP contribution in [0.4, 0.5) is 0 Å². The van der Waals surface area contributed by atoms with Crippen LogP contribution in [0.25, 0.3) is 6.08 Å². The van der Waals surface area contributed by atoms with E-state index >= 15 is 0 Å². The van der Waals surface area contributed by atoms with Crippen molar-refractivity contribution in [3.8, 4) is 11.5 Å². The van der Waals surface area contributed by atoms with Crippen molar-refractivity contribution in [1.82, 2.24) is 0 Å². The van der Waals surface area contributed by atoms with Crippen LogP contribution in [0, 0.1) is 13.8 Å². The number of rotatable bonds is 8. The van der Waals surface area contributed by atoms with Crippen LogP contribution in [0.2, 0.25) is 0 Å². The summed E-state index contributed by atoms with van der Waals surface area (Å²) in [5, 5.41) is 0. The summed E-state index contributed by atoms with van der Waals surface area (Å²) < 4.78 is 15.8. The Hall–Kier alpha value is -3.08. The second-order valence-electron chi connectivity index (χ2n) is 6.03. The van der Waals surface area contributed by atoms with E-state index in [2.05, 4.69) is 0 Å². The van der Waals surface area contributed by atoms with Gasteiger partial charge in [0.2, 0.25) is 5.78 Å². The standard InChI is InChI=1S/C22H24O5/c1-5-26-21-13-17(8-10-20(21)25-4)9-11-22(24)27-14-19(23)18-12-15(2)6-7-16(18)3/h6-13H,5,14H2,1-4H3/b11-9+. The van der Waals surface area contributed by atoms with Crippen LogP contribution in [-0.2, 0) is 9.53 Å². The van der Waals surface area contributed by atoms with E-state index in [4.69, 9.17) is 14.2 Å². The Labute approximate surface area is 159 Å². The van der Waals surface area contributed by atoms with E-state index in [9.17, 15) is 9.59 Å². The zero-order valence-electron chi connectivity index (χ0n) is 16.1. The normalized spacial score (nSPS) is 10.7. The molecule has 0 N–H and O–H groups in total. The lowest BCUT2D eigenvalue weighted by Crippen LogP contribution is -2.13. The summed E-state index contributed by atoms with van der Waals surface area (Å²) in [6.07, 6.45) is 2.89. The molecule has 2 rings (SSSR count). The first-order valence-corrected chi connectivity index (χ1v) is 8.70. The van der Waals surface area contributed by atoms with Gasteiger partial charge in [0.25, 0.3) is 0 Å². The lowest BCUT2D eigenvalue weighted by atomic mass is 10.0. The van der Waals surface area contributed by atoms with Gasteiger partial charge in [-0.05, 0) is 56.2 Å². The first kappa shape index (κ1) is 20.2. The molecule has 0 aliphatic carbocycles. The molecule has 142 valence electrons. The van der Waals surface area contributed by atoms with E-state index < -0.39 is 5.97 Å². The maximum absolute atomic E-state index is 12.3. The molecular weight excluding hydrogens is 344 g/mol. The van der Waals surface area contributed by atoms with Crippen LogP contribution in [0.5, 0.6) is 11.5 Å². The molecular formula is C22H24O5. The minimum atomic E-state index is -0.581. The molecule has 27 heavy (non-hydrogen) atoms. The van der Waals surface area contributed by atoms with Gasteiger partial charge in [0.15, 0.2) is 18.1 Å². The highest BCUT2D eigenvalue weighted by Gasteiger charge is 2.11. The number of hydrogen-bond donors (Lipinski definition) is 0. The number of ether oxygens (including phenoxy) is 3. The average Bonchev–Trinajstić information content (AvgIpc) is 2.66. The fourth-order valence-electron chi connectivity index (χ4n) is 2.53. The minimum Gasteiger partial charge on any atom is -0.493 e. The molecule has 0 amide bonds. The predicted molar refractivity (Wildman–Crippen MR) is 104 cm³/mol. The van der Waals surface area contributed by atoms with E-state index in [1.165, 1.54) is 6.08 Å². The van der Waals surface area contributed by atoms with Gasteiger partial charge in [-0.2, -0.15) is 0 Å². The summed E-state index contributed by atoms with van der Waals surface area (Å²) >= 11 is 0. The molecule has 2 aromatic rings. The van der Waals surface area contributed by atoms with Crippen molar-refractivity contribution < 1.29 is 23.8 Å². The topological polar surface area (TPSA) is 61.8 Å². The van der Waals surface area contributed by atoms with Crippen molar-refractivity contribution in [2.24, 2.45) is 0 Å². The SMILES string of the molecule is CCOc1cc(/C=C/C(=O)OCC(=O)c2cc(C)ccc2C)ccc1OC. The Morgan fingerprint density at radius 1 is 1.04 bits per heavy atom. The summed E-state index contributed by atoms with van der Waals surface area (Å²) in [6, 6.07) is 10.9. The van der Waals surface area contributed by atoms with Crippen LogP contribution >= 0.6 is 0 Å². The quantitative estimate of drug-likeness (QED) is 0.398. The predicted octanol–water partition coefficient (Wildman–Crippen LogP) is 4.15. The molecule has 0 radical (unpaired) electrons. The highest BCUT2D eigenvalue weighted by Crippen LogP contribution is 2.28. The second kappa shape index (κ2) is 9.57. The van der Waals surface area contributed by atoms with Crippen LogP contribution in [0.15, 0.2) is 42.5 Å². The van der Waals surface area contributed by atoms with Gasteiger partial charge in [-0.25, -0.2) is 4.79 Å².